The van der Waals surface area contributed by atoms with E-state index in [4.69, 9.17) is 14.2 Å². The van der Waals surface area contributed by atoms with Crippen molar-refractivity contribution in [3.63, 3.8) is 0 Å². The Kier molecular flexibility index (Phi) is 5.78. The van der Waals surface area contributed by atoms with Crippen molar-refractivity contribution in [2.75, 3.05) is 40.0 Å². The summed E-state index contributed by atoms with van der Waals surface area (Å²) >= 11 is 0. The smallest absolute Gasteiger partial charge is 0.340 e. The lowest BCUT2D eigenvalue weighted by atomic mass is 9.88. The molecule has 2 aliphatic carbocycles. The summed E-state index contributed by atoms with van der Waals surface area (Å²) in [6.45, 7) is 4.79. The Morgan fingerprint density at radius 1 is 1.24 bits per heavy atom. The van der Waals surface area contributed by atoms with Crippen LogP contribution in [0.2, 0.25) is 0 Å². The molecule has 0 radical (unpaired) electrons. The summed E-state index contributed by atoms with van der Waals surface area (Å²) in [5, 5.41) is 0. The average Bonchev–Trinajstić information content (AvgIpc) is 3.03. The lowest BCUT2D eigenvalue weighted by molar-refractivity contribution is -0.141. The Balaban J connectivity index is 2.12. The fourth-order valence-corrected chi connectivity index (χ4v) is 4.28. The van der Waals surface area contributed by atoms with Crippen LogP contribution in [0.3, 0.4) is 0 Å². The van der Waals surface area contributed by atoms with Gasteiger partial charge in [0.15, 0.2) is 0 Å². The van der Waals surface area contributed by atoms with E-state index in [1.807, 2.05) is 6.08 Å². The first-order valence-corrected chi connectivity index (χ1v) is 9.20. The second kappa shape index (κ2) is 8.04. The van der Waals surface area contributed by atoms with Crippen molar-refractivity contribution in [2.24, 2.45) is 11.8 Å². The third-order valence-electron chi connectivity index (χ3n) is 5.40. The molecule has 0 aromatic heterocycles. The first kappa shape index (κ1) is 18.0. The molecule has 6 heteroatoms. The maximum absolute atomic E-state index is 12.8. The SMILES string of the molecule is CCOC(=O)C1=C(N2CCOCC2)[C@H]2CCC[C@H]2CC=C1C(=O)OC. The molecule has 0 bridgehead atoms. The standard InChI is InChI=1S/C19H27NO5/c1-3-25-19(22)16-15(18(21)23-2)8-7-13-5-4-6-14(13)17(16)20-9-11-24-12-10-20/h8,13-14H,3-7,9-12H2,1-2H3/t13-,14-/m0/s1. The highest BCUT2D eigenvalue weighted by Gasteiger charge is 2.40. The van der Waals surface area contributed by atoms with Crippen LogP contribution in [-0.4, -0.2) is 56.9 Å². The second-order valence-corrected chi connectivity index (χ2v) is 6.72. The van der Waals surface area contributed by atoms with Crippen molar-refractivity contribution in [2.45, 2.75) is 32.6 Å². The Hall–Kier alpha value is -1.82. The highest BCUT2D eigenvalue weighted by Crippen LogP contribution is 2.45. The number of rotatable bonds is 4. The molecule has 2 fully saturated rings. The van der Waals surface area contributed by atoms with E-state index in [9.17, 15) is 9.59 Å². The Bertz CT molecular complexity index is 589. The van der Waals surface area contributed by atoms with Crippen molar-refractivity contribution in [1.82, 2.24) is 4.90 Å². The minimum atomic E-state index is -0.464. The van der Waals surface area contributed by atoms with Crippen LogP contribution in [0.4, 0.5) is 0 Å². The third-order valence-corrected chi connectivity index (χ3v) is 5.40. The van der Waals surface area contributed by atoms with Crippen molar-refractivity contribution >= 4 is 11.9 Å². The number of allylic oxidation sites excluding steroid dienone is 2. The highest BCUT2D eigenvalue weighted by molar-refractivity contribution is 6.07. The fraction of sp³-hybridized carbons (Fsp3) is 0.684. The van der Waals surface area contributed by atoms with Crippen LogP contribution in [0, 0.1) is 11.8 Å². The number of ether oxygens (including phenoxy) is 3. The predicted octanol–water partition coefficient (Wildman–Crippen LogP) is 2.06. The summed E-state index contributed by atoms with van der Waals surface area (Å²) in [7, 11) is 1.35. The molecule has 3 rings (SSSR count). The van der Waals surface area contributed by atoms with Gasteiger partial charge in [-0.2, -0.15) is 0 Å². The van der Waals surface area contributed by atoms with E-state index < -0.39 is 11.9 Å². The zero-order valence-electron chi connectivity index (χ0n) is 15.1. The van der Waals surface area contributed by atoms with Crippen LogP contribution in [-0.2, 0) is 23.8 Å². The topological polar surface area (TPSA) is 65.1 Å². The molecule has 6 nitrogen and oxygen atoms in total. The first-order chi connectivity index (χ1) is 12.2. The fourth-order valence-electron chi connectivity index (χ4n) is 4.28. The minimum absolute atomic E-state index is 0.279. The largest absolute Gasteiger partial charge is 0.465 e. The molecular formula is C19H27NO5. The number of carbonyl (C=O) groups excluding carboxylic acids is 2. The van der Waals surface area contributed by atoms with Gasteiger partial charge in [-0.25, -0.2) is 9.59 Å². The van der Waals surface area contributed by atoms with Crippen LogP contribution in [0.5, 0.6) is 0 Å². The molecule has 1 aliphatic heterocycles. The second-order valence-electron chi connectivity index (χ2n) is 6.72. The number of hydrogen-bond donors (Lipinski definition) is 0. The van der Waals surface area contributed by atoms with E-state index in [-0.39, 0.29) is 12.5 Å². The van der Waals surface area contributed by atoms with Gasteiger partial charge in [0.1, 0.15) is 0 Å². The number of fused-ring (bicyclic) bond motifs is 1. The normalized spacial score (nSPS) is 26.6. The molecule has 138 valence electrons. The molecular weight excluding hydrogens is 322 g/mol. The van der Waals surface area contributed by atoms with Gasteiger partial charge in [-0.1, -0.05) is 12.5 Å². The number of morpholine rings is 1. The van der Waals surface area contributed by atoms with Gasteiger partial charge in [0, 0.05) is 24.7 Å². The molecule has 0 unspecified atom stereocenters. The number of nitrogens with zero attached hydrogens (tertiary/aromatic N) is 1. The van der Waals surface area contributed by atoms with E-state index in [2.05, 4.69) is 4.90 Å². The van der Waals surface area contributed by atoms with Gasteiger partial charge in [0.05, 0.1) is 38.1 Å². The number of esters is 2. The molecule has 0 N–H and O–H groups in total. The number of carbonyl (C=O) groups is 2. The van der Waals surface area contributed by atoms with E-state index in [0.29, 0.717) is 30.3 Å². The summed E-state index contributed by atoms with van der Waals surface area (Å²) < 4.78 is 15.8. The summed E-state index contributed by atoms with van der Waals surface area (Å²) in [6.07, 6.45) is 6.00. The summed E-state index contributed by atoms with van der Waals surface area (Å²) in [5.74, 6) is -0.137. The highest BCUT2D eigenvalue weighted by atomic mass is 16.5. The lowest BCUT2D eigenvalue weighted by Gasteiger charge is -2.36. The van der Waals surface area contributed by atoms with E-state index in [0.717, 1.165) is 44.5 Å². The minimum Gasteiger partial charge on any atom is -0.465 e. The summed E-state index contributed by atoms with van der Waals surface area (Å²) in [6, 6.07) is 0. The molecule has 1 saturated carbocycles. The average molecular weight is 349 g/mol. The molecule has 25 heavy (non-hydrogen) atoms. The van der Waals surface area contributed by atoms with Crippen molar-refractivity contribution in [1.29, 1.82) is 0 Å². The molecule has 3 aliphatic rings. The van der Waals surface area contributed by atoms with Crippen molar-refractivity contribution in [3.8, 4) is 0 Å². The summed E-state index contributed by atoms with van der Waals surface area (Å²) in [5.41, 5.74) is 1.74. The van der Waals surface area contributed by atoms with Gasteiger partial charge >= 0.3 is 11.9 Å². The maximum Gasteiger partial charge on any atom is 0.340 e. The maximum atomic E-state index is 12.8. The number of hydrogen-bond acceptors (Lipinski definition) is 6. The molecule has 0 spiro atoms. The van der Waals surface area contributed by atoms with Gasteiger partial charge < -0.3 is 19.1 Å². The molecule has 0 amide bonds. The summed E-state index contributed by atoms with van der Waals surface area (Å²) in [4.78, 5) is 27.5. The van der Waals surface area contributed by atoms with Gasteiger partial charge in [-0.3, -0.25) is 0 Å². The van der Waals surface area contributed by atoms with Crippen LogP contribution in [0.1, 0.15) is 32.6 Å². The molecule has 1 heterocycles. The van der Waals surface area contributed by atoms with Crippen LogP contribution in [0.25, 0.3) is 0 Å². The lowest BCUT2D eigenvalue weighted by Crippen LogP contribution is -2.40. The molecule has 0 aromatic carbocycles. The Morgan fingerprint density at radius 2 is 2.00 bits per heavy atom. The zero-order valence-corrected chi connectivity index (χ0v) is 15.1. The van der Waals surface area contributed by atoms with Crippen molar-refractivity contribution in [3.05, 3.63) is 22.9 Å². The monoisotopic (exact) mass is 349 g/mol. The van der Waals surface area contributed by atoms with Gasteiger partial charge in [-0.05, 0) is 32.1 Å². The van der Waals surface area contributed by atoms with Gasteiger partial charge in [0.25, 0.3) is 0 Å². The molecule has 0 aromatic rings. The van der Waals surface area contributed by atoms with Crippen LogP contribution < -0.4 is 0 Å². The van der Waals surface area contributed by atoms with E-state index in [1.54, 1.807) is 6.92 Å². The van der Waals surface area contributed by atoms with Crippen LogP contribution in [0.15, 0.2) is 22.9 Å². The van der Waals surface area contributed by atoms with Crippen molar-refractivity contribution < 1.29 is 23.8 Å². The van der Waals surface area contributed by atoms with E-state index in [1.165, 1.54) is 7.11 Å². The van der Waals surface area contributed by atoms with E-state index >= 15 is 0 Å². The quantitative estimate of drug-likeness (QED) is 0.724. The predicted molar refractivity (Wildman–Crippen MR) is 91.6 cm³/mol. The van der Waals surface area contributed by atoms with Gasteiger partial charge in [0.2, 0.25) is 0 Å². The molecule has 1 saturated heterocycles. The van der Waals surface area contributed by atoms with Crippen LogP contribution >= 0.6 is 0 Å². The first-order valence-electron chi connectivity index (χ1n) is 9.20. The number of methoxy groups -OCH3 is 1. The Labute approximate surface area is 148 Å². The Morgan fingerprint density at radius 3 is 2.68 bits per heavy atom. The zero-order chi connectivity index (χ0) is 17.8. The molecule has 2 atom stereocenters. The van der Waals surface area contributed by atoms with Gasteiger partial charge in [-0.15, -0.1) is 0 Å². The third kappa shape index (κ3) is 3.59.